The van der Waals surface area contributed by atoms with Gasteiger partial charge in [0.15, 0.2) is 6.61 Å². The summed E-state index contributed by atoms with van der Waals surface area (Å²) in [5, 5.41) is 5.03. The molecule has 0 radical (unpaired) electrons. The molecule has 0 aliphatic heterocycles. The molecule has 110 valence electrons. The van der Waals surface area contributed by atoms with Crippen LogP contribution in [0.3, 0.4) is 0 Å². The first-order valence-electron chi connectivity index (χ1n) is 6.12. The Labute approximate surface area is 117 Å². The Morgan fingerprint density at radius 2 is 2.05 bits per heavy atom. The normalized spacial score (nSPS) is 9.85. The van der Waals surface area contributed by atoms with Crippen molar-refractivity contribution in [1.29, 1.82) is 0 Å². The summed E-state index contributed by atoms with van der Waals surface area (Å²) in [7, 11) is 1.54. The lowest BCUT2D eigenvalue weighted by Gasteiger charge is -2.08. The van der Waals surface area contributed by atoms with Gasteiger partial charge in [-0.05, 0) is 12.1 Å². The Hall–Kier alpha value is -2.28. The molecule has 0 aromatic heterocycles. The molecule has 7 heteroatoms. The third-order valence-corrected chi connectivity index (χ3v) is 2.30. The van der Waals surface area contributed by atoms with Crippen molar-refractivity contribution in [3.8, 4) is 5.75 Å². The first kappa shape index (κ1) is 15.8. The average molecular weight is 281 g/mol. The van der Waals surface area contributed by atoms with Crippen LogP contribution in [0, 0.1) is 0 Å². The second kappa shape index (κ2) is 8.76. The lowest BCUT2D eigenvalue weighted by Crippen LogP contribution is -2.39. The van der Waals surface area contributed by atoms with E-state index in [0.29, 0.717) is 24.6 Å². The number of nitrogens with one attached hydrogen (secondary N) is 2. The molecule has 7 nitrogen and oxygen atoms in total. The van der Waals surface area contributed by atoms with E-state index in [1.807, 2.05) is 0 Å². The Morgan fingerprint density at radius 1 is 1.25 bits per heavy atom. The highest BCUT2D eigenvalue weighted by molar-refractivity contribution is 5.85. The van der Waals surface area contributed by atoms with Crippen molar-refractivity contribution < 1.29 is 19.1 Å². The van der Waals surface area contributed by atoms with E-state index in [9.17, 15) is 9.59 Å². The van der Waals surface area contributed by atoms with Gasteiger partial charge in [-0.15, -0.1) is 0 Å². The number of nitrogen functional groups attached to an aromatic ring is 1. The quantitative estimate of drug-likeness (QED) is 0.441. The molecule has 0 atom stereocenters. The van der Waals surface area contributed by atoms with Crippen LogP contribution in [0.2, 0.25) is 0 Å². The highest BCUT2D eigenvalue weighted by Crippen LogP contribution is 2.13. The second-order valence-corrected chi connectivity index (χ2v) is 3.98. The summed E-state index contributed by atoms with van der Waals surface area (Å²) in [5.41, 5.74) is 6.13. The number of anilines is 1. The zero-order valence-electron chi connectivity index (χ0n) is 11.3. The average Bonchev–Trinajstić information content (AvgIpc) is 2.43. The SMILES string of the molecule is COCCNC(=O)CNC(=O)COc1cccc(N)c1. The molecule has 0 aliphatic carbocycles. The van der Waals surface area contributed by atoms with E-state index in [1.54, 1.807) is 31.4 Å². The van der Waals surface area contributed by atoms with Crippen LogP contribution in [-0.4, -0.2) is 45.2 Å². The molecule has 20 heavy (non-hydrogen) atoms. The van der Waals surface area contributed by atoms with Gasteiger partial charge in [0.05, 0.1) is 13.2 Å². The summed E-state index contributed by atoms with van der Waals surface area (Å²) in [6.45, 7) is 0.570. The summed E-state index contributed by atoms with van der Waals surface area (Å²) in [6, 6.07) is 6.76. The summed E-state index contributed by atoms with van der Waals surface area (Å²) >= 11 is 0. The number of nitrogens with two attached hydrogens (primary N) is 1. The van der Waals surface area contributed by atoms with Crippen molar-refractivity contribution >= 4 is 17.5 Å². The van der Waals surface area contributed by atoms with Gasteiger partial charge in [0.25, 0.3) is 5.91 Å². The van der Waals surface area contributed by atoms with Crippen LogP contribution in [0.5, 0.6) is 5.75 Å². The molecule has 1 aromatic carbocycles. The first-order chi connectivity index (χ1) is 9.61. The van der Waals surface area contributed by atoms with Gasteiger partial charge in [0, 0.05) is 25.4 Å². The van der Waals surface area contributed by atoms with Crippen LogP contribution in [0.15, 0.2) is 24.3 Å². The van der Waals surface area contributed by atoms with E-state index in [4.69, 9.17) is 15.2 Å². The standard InChI is InChI=1S/C13H19N3O4/c1-19-6-5-15-12(17)8-16-13(18)9-20-11-4-2-3-10(14)7-11/h2-4,7H,5-6,8-9,14H2,1H3,(H,15,17)(H,16,18). The van der Waals surface area contributed by atoms with Crippen molar-refractivity contribution in [2.24, 2.45) is 0 Å². The largest absolute Gasteiger partial charge is 0.484 e. The van der Waals surface area contributed by atoms with Gasteiger partial charge < -0.3 is 25.8 Å². The van der Waals surface area contributed by atoms with Crippen LogP contribution in [0.4, 0.5) is 5.69 Å². The molecule has 2 amide bonds. The molecule has 0 spiro atoms. The van der Waals surface area contributed by atoms with E-state index < -0.39 is 0 Å². The number of carbonyl (C=O) groups excluding carboxylic acids is 2. The number of hydrogen-bond donors (Lipinski definition) is 3. The zero-order chi connectivity index (χ0) is 14.8. The Balaban J connectivity index is 2.19. The number of rotatable bonds is 8. The fraction of sp³-hybridized carbons (Fsp3) is 0.385. The third kappa shape index (κ3) is 6.60. The number of carbonyl (C=O) groups is 2. The minimum Gasteiger partial charge on any atom is -0.484 e. The first-order valence-corrected chi connectivity index (χ1v) is 6.12. The Kier molecular flexibility index (Phi) is 6.91. The van der Waals surface area contributed by atoms with Crippen molar-refractivity contribution in [1.82, 2.24) is 10.6 Å². The lowest BCUT2D eigenvalue weighted by molar-refractivity contribution is -0.127. The number of ether oxygens (including phenoxy) is 2. The van der Waals surface area contributed by atoms with Crippen molar-refractivity contribution in [3.05, 3.63) is 24.3 Å². The minimum absolute atomic E-state index is 0.0944. The van der Waals surface area contributed by atoms with Crippen molar-refractivity contribution in [2.75, 3.05) is 39.1 Å². The number of hydrogen-bond acceptors (Lipinski definition) is 5. The summed E-state index contributed by atoms with van der Waals surface area (Å²) in [6.07, 6.45) is 0. The highest BCUT2D eigenvalue weighted by Gasteiger charge is 2.06. The van der Waals surface area contributed by atoms with Crippen LogP contribution in [0.1, 0.15) is 0 Å². The fourth-order valence-corrected chi connectivity index (χ4v) is 1.34. The summed E-state index contributed by atoms with van der Waals surface area (Å²) < 4.78 is 10.0. The van der Waals surface area contributed by atoms with Crippen molar-refractivity contribution in [2.45, 2.75) is 0 Å². The van der Waals surface area contributed by atoms with Gasteiger partial charge >= 0.3 is 0 Å². The van der Waals surface area contributed by atoms with Crippen LogP contribution < -0.4 is 21.1 Å². The number of benzene rings is 1. The van der Waals surface area contributed by atoms with Crippen molar-refractivity contribution in [3.63, 3.8) is 0 Å². The lowest BCUT2D eigenvalue weighted by atomic mass is 10.3. The highest BCUT2D eigenvalue weighted by atomic mass is 16.5. The molecule has 0 saturated heterocycles. The minimum atomic E-state index is -0.380. The summed E-state index contributed by atoms with van der Waals surface area (Å²) in [4.78, 5) is 22.8. The topological polar surface area (TPSA) is 103 Å². The molecular formula is C13H19N3O4. The van der Waals surface area contributed by atoms with E-state index >= 15 is 0 Å². The van der Waals surface area contributed by atoms with Crippen LogP contribution >= 0.6 is 0 Å². The monoisotopic (exact) mass is 281 g/mol. The Morgan fingerprint density at radius 3 is 2.75 bits per heavy atom. The molecule has 0 saturated carbocycles. The van der Waals surface area contributed by atoms with E-state index in [0.717, 1.165) is 0 Å². The maximum absolute atomic E-state index is 11.5. The van der Waals surface area contributed by atoms with Crippen LogP contribution in [-0.2, 0) is 14.3 Å². The summed E-state index contributed by atoms with van der Waals surface area (Å²) in [5.74, 6) is -0.154. The predicted molar refractivity (Wildman–Crippen MR) is 74.2 cm³/mol. The van der Waals surface area contributed by atoms with Gasteiger partial charge in [0.1, 0.15) is 5.75 Å². The molecule has 1 aromatic rings. The van der Waals surface area contributed by atoms with E-state index in [2.05, 4.69) is 10.6 Å². The Bertz CT molecular complexity index is 451. The van der Waals surface area contributed by atoms with E-state index in [-0.39, 0.29) is 25.0 Å². The fourth-order valence-electron chi connectivity index (χ4n) is 1.34. The molecule has 0 fully saturated rings. The van der Waals surface area contributed by atoms with Crippen LogP contribution in [0.25, 0.3) is 0 Å². The smallest absolute Gasteiger partial charge is 0.258 e. The predicted octanol–water partition coefficient (Wildman–Crippen LogP) is -0.474. The number of methoxy groups -OCH3 is 1. The molecule has 1 rings (SSSR count). The maximum Gasteiger partial charge on any atom is 0.258 e. The molecule has 0 aliphatic rings. The van der Waals surface area contributed by atoms with Gasteiger partial charge in [-0.3, -0.25) is 9.59 Å². The van der Waals surface area contributed by atoms with E-state index in [1.165, 1.54) is 0 Å². The molecule has 4 N–H and O–H groups in total. The zero-order valence-corrected chi connectivity index (χ0v) is 11.3. The third-order valence-electron chi connectivity index (χ3n) is 2.30. The van der Waals surface area contributed by atoms with Gasteiger partial charge in [0.2, 0.25) is 5.91 Å². The van der Waals surface area contributed by atoms with Gasteiger partial charge in [-0.1, -0.05) is 6.07 Å². The molecular weight excluding hydrogens is 262 g/mol. The molecule has 0 bridgehead atoms. The number of amides is 2. The molecule has 0 unspecified atom stereocenters. The van der Waals surface area contributed by atoms with Gasteiger partial charge in [-0.2, -0.15) is 0 Å². The van der Waals surface area contributed by atoms with Gasteiger partial charge in [-0.25, -0.2) is 0 Å². The maximum atomic E-state index is 11.5. The second-order valence-electron chi connectivity index (χ2n) is 3.98. The molecule has 0 heterocycles.